The predicted octanol–water partition coefficient (Wildman–Crippen LogP) is 3.19. The number of nitrogens with one attached hydrogen (secondary N) is 1. The molecule has 18 heavy (non-hydrogen) atoms. The standard InChI is InChI=1S/C13H18ClN3O/c1-9-4-6-17(7-5-9)13(18)16-12-8-10(15)2-3-11(12)14/h2-3,8-9H,4-7,15H2,1H3,(H,16,18). The Hall–Kier alpha value is -1.42. The highest BCUT2D eigenvalue weighted by Gasteiger charge is 2.20. The van der Waals surface area contributed by atoms with E-state index < -0.39 is 0 Å². The van der Waals surface area contributed by atoms with Crippen LogP contribution in [-0.2, 0) is 0 Å². The summed E-state index contributed by atoms with van der Waals surface area (Å²) in [5.74, 6) is 0.699. The van der Waals surface area contributed by atoms with Crippen LogP contribution in [0.1, 0.15) is 19.8 Å². The Morgan fingerprint density at radius 3 is 2.78 bits per heavy atom. The van der Waals surface area contributed by atoms with E-state index in [0.29, 0.717) is 22.3 Å². The molecular formula is C13H18ClN3O. The molecule has 1 fully saturated rings. The van der Waals surface area contributed by atoms with E-state index >= 15 is 0 Å². The molecule has 0 aromatic heterocycles. The van der Waals surface area contributed by atoms with E-state index in [9.17, 15) is 4.79 Å². The minimum absolute atomic E-state index is 0.102. The highest BCUT2D eigenvalue weighted by atomic mass is 35.5. The van der Waals surface area contributed by atoms with Crippen LogP contribution in [0.25, 0.3) is 0 Å². The zero-order valence-corrected chi connectivity index (χ0v) is 11.2. The summed E-state index contributed by atoms with van der Waals surface area (Å²) in [6, 6.07) is 4.97. The fourth-order valence-electron chi connectivity index (χ4n) is 2.04. The molecule has 1 aromatic rings. The van der Waals surface area contributed by atoms with Gasteiger partial charge in [-0.1, -0.05) is 18.5 Å². The van der Waals surface area contributed by atoms with Crippen LogP contribution in [0.15, 0.2) is 18.2 Å². The van der Waals surface area contributed by atoms with Crippen molar-refractivity contribution in [1.82, 2.24) is 4.90 Å². The van der Waals surface area contributed by atoms with Crippen LogP contribution >= 0.6 is 11.6 Å². The van der Waals surface area contributed by atoms with Crippen molar-refractivity contribution in [3.8, 4) is 0 Å². The van der Waals surface area contributed by atoms with Gasteiger partial charge in [0.1, 0.15) is 0 Å². The van der Waals surface area contributed by atoms with E-state index in [4.69, 9.17) is 17.3 Å². The summed E-state index contributed by atoms with van der Waals surface area (Å²) in [5.41, 5.74) is 6.83. The summed E-state index contributed by atoms with van der Waals surface area (Å²) in [6.45, 7) is 3.81. The molecule has 4 nitrogen and oxygen atoms in total. The number of likely N-dealkylation sites (tertiary alicyclic amines) is 1. The molecule has 1 heterocycles. The molecule has 0 aliphatic carbocycles. The average Bonchev–Trinajstić information content (AvgIpc) is 2.34. The first kappa shape index (κ1) is 13.0. The Balaban J connectivity index is 2.00. The molecule has 5 heteroatoms. The van der Waals surface area contributed by atoms with Crippen LogP contribution in [0, 0.1) is 5.92 Å². The molecule has 0 spiro atoms. The fourth-order valence-corrected chi connectivity index (χ4v) is 2.21. The predicted molar refractivity (Wildman–Crippen MR) is 74.9 cm³/mol. The van der Waals surface area contributed by atoms with Crippen LogP contribution < -0.4 is 11.1 Å². The quantitative estimate of drug-likeness (QED) is 0.768. The van der Waals surface area contributed by atoms with Crippen LogP contribution in [0.2, 0.25) is 5.02 Å². The number of benzene rings is 1. The van der Waals surface area contributed by atoms with Gasteiger partial charge in [-0.25, -0.2) is 4.79 Å². The maximum atomic E-state index is 12.1. The van der Waals surface area contributed by atoms with E-state index in [1.807, 2.05) is 4.90 Å². The highest BCUT2D eigenvalue weighted by molar-refractivity contribution is 6.33. The molecule has 98 valence electrons. The van der Waals surface area contributed by atoms with E-state index in [1.54, 1.807) is 18.2 Å². The lowest BCUT2D eigenvalue weighted by Gasteiger charge is -2.30. The molecule has 1 aromatic carbocycles. The van der Waals surface area contributed by atoms with Crippen molar-refractivity contribution in [1.29, 1.82) is 0 Å². The number of amides is 2. The van der Waals surface area contributed by atoms with Crippen LogP contribution in [-0.4, -0.2) is 24.0 Å². The Bertz CT molecular complexity index is 442. The lowest BCUT2D eigenvalue weighted by Crippen LogP contribution is -2.40. The monoisotopic (exact) mass is 267 g/mol. The number of urea groups is 1. The maximum Gasteiger partial charge on any atom is 0.321 e. The average molecular weight is 268 g/mol. The largest absolute Gasteiger partial charge is 0.399 e. The van der Waals surface area contributed by atoms with Crippen molar-refractivity contribution in [2.45, 2.75) is 19.8 Å². The fraction of sp³-hybridized carbons (Fsp3) is 0.462. The summed E-state index contributed by atoms with van der Waals surface area (Å²) in [5, 5.41) is 3.31. The van der Waals surface area contributed by atoms with Gasteiger partial charge in [-0.05, 0) is 37.0 Å². The number of hydrogen-bond donors (Lipinski definition) is 2. The van der Waals surface area contributed by atoms with E-state index in [2.05, 4.69) is 12.2 Å². The summed E-state index contributed by atoms with van der Waals surface area (Å²) in [6.07, 6.45) is 2.11. The zero-order valence-electron chi connectivity index (χ0n) is 10.4. The molecule has 0 saturated carbocycles. The molecule has 2 rings (SSSR count). The van der Waals surface area contributed by atoms with Crippen LogP contribution in [0.4, 0.5) is 16.2 Å². The second kappa shape index (κ2) is 5.48. The van der Waals surface area contributed by atoms with Crippen molar-refractivity contribution in [3.63, 3.8) is 0 Å². The Kier molecular flexibility index (Phi) is 3.97. The van der Waals surface area contributed by atoms with Gasteiger partial charge in [-0.15, -0.1) is 0 Å². The van der Waals surface area contributed by atoms with Crippen molar-refractivity contribution in [2.75, 3.05) is 24.1 Å². The molecule has 2 amide bonds. The minimum atomic E-state index is -0.102. The van der Waals surface area contributed by atoms with E-state index in [0.717, 1.165) is 25.9 Å². The van der Waals surface area contributed by atoms with Gasteiger partial charge in [0, 0.05) is 18.8 Å². The highest BCUT2D eigenvalue weighted by Crippen LogP contribution is 2.25. The zero-order chi connectivity index (χ0) is 13.1. The van der Waals surface area contributed by atoms with Crippen LogP contribution in [0.5, 0.6) is 0 Å². The van der Waals surface area contributed by atoms with E-state index in [1.165, 1.54) is 0 Å². The number of rotatable bonds is 1. The minimum Gasteiger partial charge on any atom is -0.399 e. The van der Waals surface area contributed by atoms with E-state index in [-0.39, 0.29) is 6.03 Å². The second-order valence-electron chi connectivity index (χ2n) is 4.84. The molecule has 0 bridgehead atoms. The summed E-state index contributed by atoms with van der Waals surface area (Å²) in [7, 11) is 0. The lowest BCUT2D eigenvalue weighted by atomic mass is 10.00. The molecule has 1 aliphatic rings. The second-order valence-corrected chi connectivity index (χ2v) is 5.25. The molecule has 0 radical (unpaired) electrons. The molecule has 0 unspecified atom stereocenters. The van der Waals surface area contributed by atoms with Gasteiger partial charge in [0.15, 0.2) is 0 Å². The number of nitrogens with zero attached hydrogens (tertiary/aromatic N) is 1. The van der Waals surface area contributed by atoms with Crippen molar-refractivity contribution in [2.24, 2.45) is 5.92 Å². The van der Waals surface area contributed by atoms with Crippen molar-refractivity contribution >= 4 is 29.0 Å². The number of carbonyl (C=O) groups is 1. The summed E-state index contributed by atoms with van der Waals surface area (Å²) >= 11 is 6.01. The van der Waals surface area contributed by atoms with Crippen molar-refractivity contribution < 1.29 is 4.79 Å². The van der Waals surface area contributed by atoms with Gasteiger partial charge < -0.3 is 16.0 Å². The van der Waals surface area contributed by atoms with Gasteiger partial charge in [0.2, 0.25) is 0 Å². The number of anilines is 2. The third-order valence-corrected chi connectivity index (χ3v) is 3.63. The van der Waals surface area contributed by atoms with Crippen molar-refractivity contribution in [3.05, 3.63) is 23.2 Å². The number of halogens is 1. The SMILES string of the molecule is CC1CCN(C(=O)Nc2cc(N)ccc2Cl)CC1. The molecule has 1 saturated heterocycles. The molecular weight excluding hydrogens is 250 g/mol. The Labute approximate surface area is 112 Å². The smallest absolute Gasteiger partial charge is 0.321 e. The van der Waals surface area contributed by atoms with Gasteiger partial charge in [-0.2, -0.15) is 0 Å². The van der Waals surface area contributed by atoms with Gasteiger partial charge >= 0.3 is 6.03 Å². The molecule has 0 atom stereocenters. The Morgan fingerprint density at radius 1 is 1.44 bits per heavy atom. The number of hydrogen-bond acceptors (Lipinski definition) is 2. The molecule has 3 N–H and O–H groups in total. The number of nitrogen functional groups attached to an aromatic ring is 1. The normalized spacial score (nSPS) is 16.7. The first-order chi connectivity index (χ1) is 8.56. The third kappa shape index (κ3) is 3.07. The topological polar surface area (TPSA) is 58.4 Å². The Morgan fingerprint density at radius 2 is 2.11 bits per heavy atom. The van der Waals surface area contributed by atoms with Gasteiger partial charge in [0.05, 0.1) is 10.7 Å². The molecule has 1 aliphatic heterocycles. The summed E-state index contributed by atoms with van der Waals surface area (Å²) < 4.78 is 0. The van der Waals surface area contributed by atoms with Crippen LogP contribution in [0.3, 0.4) is 0 Å². The first-order valence-electron chi connectivity index (χ1n) is 6.17. The lowest BCUT2D eigenvalue weighted by molar-refractivity contribution is 0.186. The first-order valence-corrected chi connectivity index (χ1v) is 6.55. The van der Waals surface area contributed by atoms with Gasteiger partial charge in [-0.3, -0.25) is 0 Å². The number of carbonyl (C=O) groups excluding carboxylic acids is 1. The summed E-state index contributed by atoms with van der Waals surface area (Å²) in [4.78, 5) is 13.9. The number of nitrogens with two attached hydrogens (primary N) is 1. The third-order valence-electron chi connectivity index (χ3n) is 3.30. The van der Waals surface area contributed by atoms with Gasteiger partial charge in [0.25, 0.3) is 0 Å². The number of piperidine rings is 1. The maximum absolute atomic E-state index is 12.1.